The van der Waals surface area contributed by atoms with E-state index in [1.54, 1.807) is 24.6 Å². The monoisotopic (exact) mass is 666 g/mol. The van der Waals surface area contributed by atoms with Gasteiger partial charge in [0.1, 0.15) is 6.04 Å². The van der Waals surface area contributed by atoms with Crippen LogP contribution in [-0.2, 0) is 29.4 Å². The number of nitrogens with zero attached hydrogens (tertiary/aromatic N) is 4. The molecule has 0 spiro atoms. The Morgan fingerprint density at radius 3 is 2.48 bits per heavy atom. The molecular weight excluding hydrogens is 625 g/mol. The number of hydrogen-bond acceptors (Lipinski definition) is 8. The molecule has 0 saturated carbocycles. The predicted octanol–water partition coefficient (Wildman–Crippen LogP) is 5.69. The van der Waals surface area contributed by atoms with Gasteiger partial charge in [0.15, 0.2) is 5.82 Å². The minimum atomic E-state index is -0.358. The average molecular weight is 667 g/mol. The Morgan fingerprint density at radius 1 is 0.958 bits per heavy atom. The maximum absolute atomic E-state index is 13.4. The molecule has 1 unspecified atom stereocenters. The molecule has 2 amide bonds. The normalized spacial score (nSPS) is 17.2. The van der Waals surface area contributed by atoms with Gasteiger partial charge >= 0.3 is 0 Å². The lowest BCUT2D eigenvalue weighted by molar-refractivity contribution is -0.142. The van der Waals surface area contributed by atoms with Gasteiger partial charge in [-0.1, -0.05) is 30.7 Å². The summed E-state index contributed by atoms with van der Waals surface area (Å²) in [5.74, 6) is 0.221. The maximum atomic E-state index is 13.4. The van der Waals surface area contributed by atoms with E-state index >= 15 is 0 Å². The summed E-state index contributed by atoms with van der Waals surface area (Å²) < 4.78 is 7.06. The first-order valence-electron chi connectivity index (χ1n) is 16.9. The van der Waals surface area contributed by atoms with Crippen LogP contribution in [0.3, 0.4) is 0 Å². The van der Waals surface area contributed by atoms with E-state index in [0.29, 0.717) is 43.4 Å². The molecule has 0 bridgehead atoms. The van der Waals surface area contributed by atoms with Crippen LogP contribution in [0.2, 0.25) is 0 Å². The second-order valence-corrected chi connectivity index (χ2v) is 14.1. The van der Waals surface area contributed by atoms with Crippen molar-refractivity contribution in [2.45, 2.75) is 51.5 Å². The van der Waals surface area contributed by atoms with Crippen molar-refractivity contribution in [3.05, 3.63) is 91.5 Å². The molecule has 2 aliphatic heterocycles. The number of likely N-dealkylation sites (tertiary alicyclic amines) is 1. The zero-order valence-electron chi connectivity index (χ0n) is 27.6. The highest BCUT2D eigenvalue weighted by Gasteiger charge is 2.34. The molecule has 2 aromatic carbocycles. The fourth-order valence-corrected chi connectivity index (χ4v) is 7.92. The summed E-state index contributed by atoms with van der Waals surface area (Å²) in [6, 6.07) is 15.1. The summed E-state index contributed by atoms with van der Waals surface area (Å²) in [6.45, 7) is 6.19. The Bertz CT molecular complexity index is 1850. The summed E-state index contributed by atoms with van der Waals surface area (Å²) in [4.78, 5) is 50.9. The molecule has 2 N–H and O–H groups in total. The Morgan fingerprint density at radius 2 is 1.73 bits per heavy atom. The molecule has 48 heavy (non-hydrogen) atoms. The average Bonchev–Trinajstić information content (AvgIpc) is 3.35. The number of amides is 2. The number of hydrogen-bond donors (Lipinski definition) is 2. The summed E-state index contributed by atoms with van der Waals surface area (Å²) in [6.07, 6.45) is 8.45. The second kappa shape index (κ2) is 14.0. The third kappa shape index (κ3) is 6.67. The highest BCUT2D eigenvalue weighted by atomic mass is 32.1. The van der Waals surface area contributed by atoms with Gasteiger partial charge in [0.2, 0.25) is 5.91 Å². The van der Waals surface area contributed by atoms with E-state index in [4.69, 9.17) is 9.72 Å². The Hall–Kier alpha value is -4.32. The molecule has 10 nitrogen and oxygen atoms in total. The van der Waals surface area contributed by atoms with Crippen LogP contribution in [-0.4, -0.2) is 70.6 Å². The SMILES string of the molecule is Cc1c(NC(=O)c2cc3c(s2)CCCCC3)cccc1-c1cn(C)c(=O)c(Nc2ccc(C(C(=O)N3CCC3)N3CCOCC3)cc2)n1. The van der Waals surface area contributed by atoms with Gasteiger partial charge in [0, 0.05) is 61.2 Å². The number of aromatic nitrogens is 2. The first-order valence-corrected chi connectivity index (χ1v) is 17.8. The number of anilines is 3. The topological polar surface area (TPSA) is 109 Å². The van der Waals surface area contributed by atoms with E-state index in [2.05, 4.69) is 21.6 Å². The second-order valence-electron chi connectivity index (χ2n) is 12.9. The van der Waals surface area contributed by atoms with Gasteiger partial charge < -0.3 is 24.8 Å². The van der Waals surface area contributed by atoms with Crippen molar-refractivity contribution >= 4 is 40.3 Å². The third-order valence-electron chi connectivity index (χ3n) is 9.70. The van der Waals surface area contributed by atoms with Gasteiger partial charge in [-0.2, -0.15) is 0 Å². The largest absolute Gasteiger partial charge is 0.379 e. The third-order valence-corrected chi connectivity index (χ3v) is 10.9. The molecule has 3 aliphatic rings. The smallest absolute Gasteiger partial charge is 0.293 e. The van der Waals surface area contributed by atoms with Crippen LogP contribution in [0.25, 0.3) is 11.3 Å². The molecule has 1 atom stereocenters. The summed E-state index contributed by atoms with van der Waals surface area (Å²) in [7, 11) is 1.71. The van der Waals surface area contributed by atoms with Crippen LogP contribution in [0.1, 0.15) is 63.0 Å². The zero-order chi connectivity index (χ0) is 33.2. The lowest BCUT2D eigenvalue weighted by Gasteiger charge is -2.40. The zero-order valence-corrected chi connectivity index (χ0v) is 28.4. The van der Waals surface area contributed by atoms with Crippen LogP contribution >= 0.6 is 11.3 Å². The molecular formula is C37H42N6O4S. The first-order chi connectivity index (χ1) is 23.4. The van der Waals surface area contributed by atoms with Crippen molar-refractivity contribution < 1.29 is 14.3 Å². The van der Waals surface area contributed by atoms with E-state index < -0.39 is 0 Å². The molecule has 4 heterocycles. The van der Waals surface area contributed by atoms with E-state index in [1.807, 2.05) is 54.3 Å². The van der Waals surface area contributed by atoms with Gasteiger partial charge in [-0.25, -0.2) is 4.98 Å². The first kappa shape index (κ1) is 32.2. The fraction of sp³-hybridized carbons (Fsp3) is 0.405. The number of thiophene rings is 1. The van der Waals surface area contributed by atoms with Crippen molar-refractivity contribution in [1.82, 2.24) is 19.4 Å². The number of benzene rings is 2. The summed E-state index contributed by atoms with van der Waals surface area (Å²) in [5, 5.41) is 6.34. The quantitative estimate of drug-likeness (QED) is 0.233. The standard InChI is InChI=1S/C37H42N6O4S/c1-24-28(9-6-10-29(24)40-35(44)32-22-26-8-4-3-5-11-31(26)48-32)30-23-41(2)37(46)34(39-30)38-27-14-12-25(13-15-27)33(36(45)43-16-7-17-43)42-18-20-47-21-19-42/h6,9-10,12-15,22-23,33H,3-5,7-8,11,16-21H2,1-2H3,(H,38,39)(H,40,44). The van der Waals surface area contributed by atoms with Crippen LogP contribution in [0, 0.1) is 6.92 Å². The van der Waals surface area contributed by atoms with Crippen LogP contribution in [0.4, 0.5) is 17.2 Å². The van der Waals surface area contributed by atoms with Crippen molar-refractivity contribution in [3.63, 3.8) is 0 Å². The van der Waals surface area contributed by atoms with Crippen LogP contribution in [0.5, 0.6) is 0 Å². The van der Waals surface area contributed by atoms with Crippen molar-refractivity contribution in [3.8, 4) is 11.3 Å². The van der Waals surface area contributed by atoms with E-state index in [1.165, 1.54) is 34.3 Å². The summed E-state index contributed by atoms with van der Waals surface area (Å²) in [5.41, 5.74) is 5.68. The van der Waals surface area contributed by atoms with Gasteiger partial charge in [0.05, 0.1) is 23.8 Å². The molecule has 2 aromatic heterocycles. The van der Waals surface area contributed by atoms with E-state index in [9.17, 15) is 14.4 Å². The Balaban J connectivity index is 1.11. The number of nitrogens with one attached hydrogen (secondary N) is 2. The lowest BCUT2D eigenvalue weighted by Crippen LogP contribution is -2.51. The van der Waals surface area contributed by atoms with Crippen molar-refractivity contribution in [1.29, 1.82) is 0 Å². The van der Waals surface area contributed by atoms with Gasteiger partial charge in [-0.3, -0.25) is 19.3 Å². The number of carbonyl (C=O) groups excluding carboxylic acids is 2. The van der Waals surface area contributed by atoms with Crippen molar-refractivity contribution in [2.24, 2.45) is 7.05 Å². The summed E-state index contributed by atoms with van der Waals surface area (Å²) >= 11 is 1.61. The van der Waals surface area contributed by atoms with Gasteiger partial charge in [0.25, 0.3) is 11.5 Å². The highest BCUT2D eigenvalue weighted by Crippen LogP contribution is 2.32. The van der Waals surface area contributed by atoms with E-state index in [-0.39, 0.29) is 29.2 Å². The maximum Gasteiger partial charge on any atom is 0.293 e. The Kier molecular flexibility index (Phi) is 9.43. The molecule has 4 aromatic rings. The van der Waals surface area contributed by atoms with Gasteiger partial charge in [-0.15, -0.1) is 11.3 Å². The highest BCUT2D eigenvalue weighted by molar-refractivity contribution is 7.14. The van der Waals surface area contributed by atoms with E-state index in [0.717, 1.165) is 53.9 Å². The van der Waals surface area contributed by atoms with Crippen LogP contribution in [0.15, 0.2) is 59.5 Å². The number of rotatable bonds is 8. The minimum Gasteiger partial charge on any atom is -0.379 e. The minimum absolute atomic E-state index is 0.102. The number of ether oxygens (including phenoxy) is 1. The van der Waals surface area contributed by atoms with Crippen LogP contribution < -0.4 is 16.2 Å². The Labute approximate surface area is 284 Å². The molecule has 250 valence electrons. The number of aryl methyl sites for hydroxylation is 3. The number of fused-ring (bicyclic) bond motifs is 1. The lowest BCUT2D eigenvalue weighted by atomic mass is 10.0. The molecule has 11 heteroatoms. The molecule has 0 radical (unpaired) electrons. The molecule has 7 rings (SSSR count). The molecule has 2 fully saturated rings. The fourth-order valence-electron chi connectivity index (χ4n) is 6.77. The van der Waals surface area contributed by atoms with Crippen molar-refractivity contribution in [2.75, 3.05) is 50.0 Å². The molecule has 2 saturated heterocycles. The molecule has 1 aliphatic carbocycles. The number of morpholine rings is 1. The number of carbonyl (C=O) groups is 2. The van der Waals surface area contributed by atoms with Gasteiger partial charge in [-0.05, 0) is 80.0 Å². The predicted molar refractivity (Wildman–Crippen MR) is 189 cm³/mol.